The third kappa shape index (κ3) is 2.71. The summed E-state index contributed by atoms with van der Waals surface area (Å²) in [6.45, 7) is 4.66. The lowest BCUT2D eigenvalue weighted by atomic mass is 10.1. The number of fused-ring (bicyclic) bond motifs is 1. The Morgan fingerprint density at radius 3 is 2.20 bits per heavy atom. The first kappa shape index (κ1) is 16.9. The minimum atomic E-state index is -0.474. The number of hydrogen-bond acceptors (Lipinski definition) is 4. The van der Waals surface area contributed by atoms with Crippen LogP contribution in [0.2, 0.25) is 0 Å². The second kappa shape index (κ2) is 6.51. The van der Waals surface area contributed by atoms with Gasteiger partial charge in [-0.15, -0.1) is 0 Å². The molecule has 0 amide bonds. The minimum absolute atomic E-state index is 0.119. The Balaban J connectivity index is 2.38. The van der Waals surface area contributed by atoms with Crippen molar-refractivity contribution in [1.82, 2.24) is 13.9 Å². The molecule has 1 aromatic carbocycles. The summed E-state index contributed by atoms with van der Waals surface area (Å²) in [6.07, 6.45) is 1.40. The summed E-state index contributed by atoms with van der Waals surface area (Å²) in [6, 6.07) is 8.66. The van der Waals surface area contributed by atoms with Crippen molar-refractivity contribution in [2.75, 3.05) is 5.73 Å². The number of aryl methyl sites for hydroxylation is 1. The molecule has 3 N–H and O–H groups in total. The van der Waals surface area contributed by atoms with E-state index >= 15 is 0 Å². The normalized spacial score (nSPS) is 11.3. The van der Waals surface area contributed by atoms with E-state index in [1.165, 1.54) is 4.57 Å². The highest BCUT2D eigenvalue weighted by Crippen LogP contribution is 2.25. The van der Waals surface area contributed by atoms with Gasteiger partial charge in [-0.25, -0.2) is 4.79 Å². The molecular formula is C18H22N4O3. The Bertz CT molecular complexity index is 1030. The van der Waals surface area contributed by atoms with Crippen LogP contribution in [-0.4, -0.2) is 19.1 Å². The second-order valence-electron chi connectivity index (χ2n) is 6.09. The van der Waals surface area contributed by atoms with Gasteiger partial charge in [0.15, 0.2) is 5.52 Å². The number of rotatable bonds is 5. The average Bonchev–Trinajstić information content (AvgIpc) is 2.94. The van der Waals surface area contributed by atoms with Crippen molar-refractivity contribution in [1.29, 1.82) is 0 Å². The number of aromatic nitrogens is 3. The Morgan fingerprint density at radius 1 is 1.00 bits per heavy atom. The summed E-state index contributed by atoms with van der Waals surface area (Å²) in [7, 11) is 0. The van der Waals surface area contributed by atoms with Gasteiger partial charge in [-0.2, -0.15) is 4.73 Å². The maximum Gasteiger partial charge on any atom is 0.331 e. The van der Waals surface area contributed by atoms with E-state index in [0.29, 0.717) is 42.0 Å². The topological polar surface area (TPSA) is 95.2 Å². The van der Waals surface area contributed by atoms with E-state index in [9.17, 15) is 14.8 Å². The van der Waals surface area contributed by atoms with Crippen LogP contribution in [0.5, 0.6) is 0 Å². The first-order valence-corrected chi connectivity index (χ1v) is 8.43. The Hall–Kier alpha value is -2.96. The lowest BCUT2D eigenvalue weighted by Crippen LogP contribution is -2.40. The molecule has 25 heavy (non-hydrogen) atoms. The fourth-order valence-electron chi connectivity index (χ4n) is 3.08. The van der Waals surface area contributed by atoms with E-state index in [0.717, 1.165) is 11.2 Å². The molecule has 0 fully saturated rings. The highest BCUT2D eigenvalue weighted by molar-refractivity contribution is 5.83. The Labute approximate surface area is 144 Å². The largest absolute Gasteiger partial charge is 0.428 e. The number of hydrogen-bond donors (Lipinski definition) is 2. The van der Waals surface area contributed by atoms with Crippen molar-refractivity contribution in [3.05, 3.63) is 51.2 Å². The van der Waals surface area contributed by atoms with Crippen molar-refractivity contribution >= 4 is 16.7 Å². The molecule has 3 rings (SSSR count). The third-order valence-corrected chi connectivity index (χ3v) is 4.26. The maximum atomic E-state index is 12.8. The fourth-order valence-corrected chi connectivity index (χ4v) is 3.08. The zero-order valence-corrected chi connectivity index (χ0v) is 14.4. The standard InChI is InChI=1S/C18H22N4O3/c1-3-9-20-15-11-14(12-5-7-13(19)8-6-12)22(25)16(15)17(23)21(10-4-2)18(20)24/h5-8,11,25H,3-4,9-10,19H2,1-2H3. The van der Waals surface area contributed by atoms with Gasteiger partial charge >= 0.3 is 5.69 Å². The van der Waals surface area contributed by atoms with Crippen LogP contribution < -0.4 is 17.0 Å². The summed E-state index contributed by atoms with van der Waals surface area (Å²) in [4.78, 5) is 25.5. The molecule has 7 heteroatoms. The van der Waals surface area contributed by atoms with Crippen molar-refractivity contribution in [3.8, 4) is 11.3 Å². The van der Waals surface area contributed by atoms with Gasteiger partial charge in [0.2, 0.25) is 0 Å². The van der Waals surface area contributed by atoms with Crippen LogP contribution in [0.1, 0.15) is 26.7 Å². The second-order valence-corrected chi connectivity index (χ2v) is 6.09. The molecule has 0 bridgehead atoms. The Morgan fingerprint density at radius 2 is 1.60 bits per heavy atom. The quantitative estimate of drug-likeness (QED) is 0.549. The SMILES string of the molecule is CCCn1c(=O)c2c(cc(-c3ccc(N)cc3)n2O)n(CCC)c1=O. The molecule has 0 atom stereocenters. The smallest absolute Gasteiger partial charge is 0.331 e. The number of benzene rings is 1. The van der Waals surface area contributed by atoms with E-state index in [-0.39, 0.29) is 11.2 Å². The average molecular weight is 342 g/mol. The zero-order valence-electron chi connectivity index (χ0n) is 14.4. The first-order valence-electron chi connectivity index (χ1n) is 8.43. The van der Waals surface area contributed by atoms with Crippen LogP contribution in [0.25, 0.3) is 22.3 Å². The van der Waals surface area contributed by atoms with Gasteiger partial charge in [-0.3, -0.25) is 13.9 Å². The van der Waals surface area contributed by atoms with Gasteiger partial charge in [0.25, 0.3) is 5.56 Å². The van der Waals surface area contributed by atoms with Crippen molar-refractivity contribution in [3.63, 3.8) is 0 Å². The summed E-state index contributed by atoms with van der Waals surface area (Å²) in [5, 5.41) is 10.6. The van der Waals surface area contributed by atoms with Crippen LogP contribution in [0.3, 0.4) is 0 Å². The van der Waals surface area contributed by atoms with Gasteiger partial charge in [-0.05, 0) is 31.0 Å². The lowest BCUT2D eigenvalue weighted by Gasteiger charge is -2.10. The molecule has 3 aromatic rings. The monoisotopic (exact) mass is 342 g/mol. The van der Waals surface area contributed by atoms with Crippen LogP contribution in [0, 0.1) is 0 Å². The molecule has 0 saturated heterocycles. The number of anilines is 1. The molecule has 7 nitrogen and oxygen atoms in total. The lowest BCUT2D eigenvalue weighted by molar-refractivity contribution is 0.203. The summed E-state index contributed by atoms with van der Waals surface area (Å²) < 4.78 is 3.62. The van der Waals surface area contributed by atoms with Crippen LogP contribution in [0.4, 0.5) is 5.69 Å². The third-order valence-electron chi connectivity index (χ3n) is 4.26. The van der Waals surface area contributed by atoms with E-state index < -0.39 is 5.56 Å². The van der Waals surface area contributed by atoms with Gasteiger partial charge in [-0.1, -0.05) is 26.0 Å². The van der Waals surface area contributed by atoms with E-state index in [2.05, 4.69) is 0 Å². The van der Waals surface area contributed by atoms with Gasteiger partial charge < -0.3 is 10.9 Å². The summed E-state index contributed by atoms with van der Waals surface area (Å²) in [5.74, 6) is 0. The Kier molecular flexibility index (Phi) is 4.39. The van der Waals surface area contributed by atoms with E-state index in [1.807, 2.05) is 13.8 Å². The number of nitrogens with zero attached hydrogens (tertiary/aromatic N) is 3. The molecule has 0 aliphatic carbocycles. The minimum Gasteiger partial charge on any atom is -0.428 e. The zero-order chi connectivity index (χ0) is 18.1. The van der Waals surface area contributed by atoms with Crippen molar-refractivity contribution in [2.45, 2.75) is 39.8 Å². The highest BCUT2D eigenvalue weighted by atomic mass is 16.5. The highest BCUT2D eigenvalue weighted by Gasteiger charge is 2.20. The molecule has 0 aliphatic rings. The van der Waals surface area contributed by atoms with Crippen LogP contribution >= 0.6 is 0 Å². The van der Waals surface area contributed by atoms with Crippen molar-refractivity contribution < 1.29 is 5.21 Å². The first-order chi connectivity index (χ1) is 12.0. The van der Waals surface area contributed by atoms with Crippen LogP contribution in [-0.2, 0) is 13.1 Å². The predicted octanol–water partition coefficient (Wildman–Crippen LogP) is 2.27. The van der Waals surface area contributed by atoms with E-state index in [1.54, 1.807) is 34.9 Å². The molecule has 0 spiro atoms. The fraction of sp³-hybridized carbons (Fsp3) is 0.333. The van der Waals surface area contributed by atoms with Gasteiger partial charge in [0, 0.05) is 24.3 Å². The molecule has 2 aromatic heterocycles. The molecule has 0 saturated carbocycles. The number of nitrogen functional groups attached to an aromatic ring is 1. The molecule has 0 aliphatic heterocycles. The molecule has 0 radical (unpaired) electrons. The molecular weight excluding hydrogens is 320 g/mol. The molecule has 2 heterocycles. The van der Waals surface area contributed by atoms with E-state index in [4.69, 9.17) is 5.73 Å². The summed E-state index contributed by atoms with van der Waals surface area (Å²) >= 11 is 0. The summed E-state index contributed by atoms with van der Waals surface area (Å²) in [5.41, 5.74) is 7.23. The number of nitrogens with two attached hydrogens (primary N) is 1. The van der Waals surface area contributed by atoms with Gasteiger partial charge in [0.05, 0.1) is 11.2 Å². The van der Waals surface area contributed by atoms with Crippen molar-refractivity contribution in [2.24, 2.45) is 0 Å². The molecule has 0 unspecified atom stereocenters. The molecule has 132 valence electrons. The maximum absolute atomic E-state index is 12.8. The van der Waals surface area contributed by atoms with Gasteiger partial charge in [0.1, 0.15) is 0 Å². The predicted molar refractivity (Wildman–Crippen MR) is 98.1 cm³/mol. The van der Waals surface area contributed by atoms with Crippen LogP contribution in [0.15, 0.2) is 39.9 Å².